The summed E-state index contributed by atoms with van der Waals surface area (Å²) in [5, 5.41) is 13.2. The number of rotatable bonds is 10. The van der Waals surface area contributed by atoms with Crippen LogP contribution in [0.2, 0.25) is 0 Å². The van der Waals surface area contributed by atoms with E-state index in [4.69, 9.17) is 0 Å². The number of Topliss-reactive ketones (excluding diaryl/α,β-unsaturated/α-hetero) is 1. The molecule has 0 spiro atoms. The van der Waals surface area contributed by atoms with Crippen molar-refractivity contribution in [2.24, 2.45) is 5.41 Å². The number of aliphatic carboxylic acids is 1. The van der Waals surface area contributed by atoms with Crippen molar-refractivity contribution in [1.29, 1.82) is 0 Å². The number of aromatic nitrogens is 1. The van der Waals surface area contributed by atoms with E-state index in [0.717, 1.165) is 32.9 Å². The highest BCUT2D eigenvalue weighted by Crippen LogP contribution is 2.41. The third-order valence-electron chi connectivity index (χ3n) is 6.36. The van der Waals surface area contributed by atoms with Gasteiger partial charge in [0, 0.05) is 36.9 Å². The topological polar surface area (TPSA) is 99.6 Å². The SMILES string of the molecule is CN(C)CCNC(=O)c1ccc2sc(CCC(=O)C3(CC(=O)O)Cc4ccccc4C3)nc2c1. The second-order valence-corrected chi connectivity index (χ2v) is 10.4. The number of carbonyl (C=O) groups is 3. The molecule has 0 radical (unpaired) electrons. The van der Waals surface area contributed by atoms with Crippen molar-refractivity contribution >= 4 is 39.2 Å². The molecule has 7 nitrogen and oxygen atoms in total. The zero-order chi connectivity index (χ0) is 24.3. The van der Waals surface area contributed by atoms with Crippen LogP contribution in [0, 0.1) is 5.41 Å². The van der Waals surface area contributed by atoms with Gasteiger partial charge in [-0.15, -0.1) is 11.3 Å². The van der Waals surface area contributed by atoms with Crippen molar-refractivity contribution in [3.8, 4) is 0 Å². The molecule has 1 heterocycles. The molecule has 0 saturated carbocycles. The summed E-state index contributed by atoms with van der Waals surface area (Å²) >= 11 is 1.51. The van der Waals surface area contributed by atoms with Crippen molar-refractivity contribution in [3.63, 3.8) is 0 Å². The molecule has 1 aliphatic carbocycles. The number of hydrogen-bond acceptors (Lipinski definition) is 6. The number of likely N-dealkylation sites (N-methyl/N-ethyl adjacent to an activating group) is 1. The predicted molar refractivity (Wildman–Crippen MR) is 132 cm³/mol. The van der Waals surface area contributed by atoms with E-state index in [-0.39, 0.29) is 24.5 Å². The number of nitrogens with zero attached hydrogens (tertiary/aromatic N) is 2. The number of benzene rings is 2. The monoisotopic (exact) mass is 479 g/mol. The molecule has 0 saturated heterocycles. The molecular formula is C26H29N3O4S. The minimum absolute atomic E-state index is 0.0219. The Bertz CT molecular complexity index is 1210. The van der Waals surface area contributed by atoms with Crippen LogP contribution in [-0.4, -0.2) is 59.8 Å². The van der Waals surface area contributed by atoms with Crippen molar-refractivity contribution in [2.75, 3.05) is 27.2 Å². The smallest absolute Gasteiger partial charge is 0.304 e. The molecular weight excluding hydrogens is 450 g/mol. The van der Waals surface area contributed by atoms with Gasteiger partial charge in [0.05, 0.1) is 21.6 Å². The van der Waals surface area contributed by atoms with Gasteiger partial charge in [-0.2, -0.15) is 0 Å². The van der Waals surface area contributed by atoms with Crippen LogP contribution in [0.4, 0.5) is 0 Å². The van der Waals surface area contributed by atoms with Crippen LogP contribution in [0.15, 0.2) is 42.5 Å². The highest BCUT2D eigenvalue weighted by molar-refractivity contribution is 7.18. The lowest BCUT2D eigenvalue weighted by Crippen LogP contribution is -2.35. The molecule has 178 valence electrons. The first-order chi connectivity index (χ1) is 16.3. The molecule has 4 rings (SSSR count). The Labute approximate surface area is 202 Å². The molecule has 1 aliphatic rings. The van der Waals surface area contributed by atoms with Gasteiger partial charge in [0.1, 0.15) is 5.78 Å². The molecule has 2 N–H and O–H groups in total. The summed E-state index contributed by atoms with van der Waals surface area (Å²) in [4.78, 5) is 44.0. The Morgan fingerprint density at radius 3 is 2.47 bits per heavy atom. The number of thiazole rings is 1. The molecule has 0 bridgehead atoms. The molecule has 34 heavy (non-hydrogen) atoms. The minimum Gasteiger partial charge on any atom is -0.481 e. The number of carbonyl (C=O) groups excluding carboxylic acids is 2. The normalized spacial score (nSPS) is 14.3. The number of hydrogen-bond donors (Lipinski definition) is 2. The fourth-order valence-corrected chi connectivity index (χ4v) is 5.56. The largest absolute Gasteiger partial charge is 0.481 e. The quantitative estimate of drug-likeness (QED) is 0.463. The molecule has 0 fully saturated rings. The second-order valence-electron chi connectivity index (χ2n) is 9.25. The minimum atomic E-state index is -0.947. The maximum Gasteiger partial charge on any atom is 0.304 e. The Hall–Kier alpha value is -3.10. The Balaban J connectivity index is 1.43. The maximum absolute atomic E-state index is 13.3. The first kappa shape index (κ1) is 24.0. The van der Waals surface area contributed by atoms with E-state index in [1.807, 2.05) is 49.3 Å². The van der Waals surface area contributed by atoms with Gasteiger partial charge in [0.15, 0.2) is 0 Å². The summed E-state index contributed by atoms with van der Waals surface area (Å²) in [6, 6.07) is 13.3. The van der Waals surface area contributed by atoms with Crippen molar-refractivity contribution in [1.82, 2.24) is 15.2 Å². The number of carboxylic acid groups (broad SMARTS) is 1. The molecule has 0 atom stereocenters. The first-order valence-electron chi connectivity index (χ1n) is 11.4. The first-order valence-corrected chi connectivity index (χ1v) is 12.2. The zero-order valence-corrected chi connectivity index (χ0v) is 20.3. The van der Waals surface area contributed by atoms with Gasteiger partial charge in [-0.05, 0) is 56.3 Å². The number of carboxylic acids is 1. The fourth-order valence-electron chi connectivity index (χ4n) is 4.61. The van der Waals surface area contributed by atoms with Crippen molar-refractivity contribution in [3.05, 3.63) is 64.2 Å². The van der Waals surface area contributed by atoms with Gasteiger partial charge >= 0.3 is 5.97 Å². The average molecular weight is 480 g/mol. The van der Waals surface area contributed by atoms with E-state index in [1.54, 1.807) is 12.1 Å². The molecule has 1 amide bonds. The number of ketones is 1. The predicted octanol–water partition coefficient (Wildman–Crippen LogP) is 3.35. The third-order valence-corrected chi connectivity index (χ3v) is 7.46. The van der Waals surface area contributed by atoms with Gasteiger partial charge in [-0.3, -0.25) is 14.4 Å². The van der Waals surface area contributed by atoms with E-state index < -0.39 is 11.4 Å². The summed E-state index contributed by atoms with van der Waals surface area (Å²) < 4.78 is 0.959. The van der Waals surface area contributed by atoms with Crippen LogP contribution in [0.3, 0.4) is 0 Å². The standard InChI is InChI=1S/C26H29N3O4S/c1-29(2)12-11-27-25(33)17-7-8-21-20(13-17)28-23(34-21)10-9-22(30)26(16-24(31)32)14-18-5-3-4-6-19(18)15-26/h3-8,13H,9-12,14-16H2,1-2H3,(H,27,33)(H,31,32). The molecule has 0 aliphatic heterocycles. The summed E-state index contributed by atoms with van der Waals surface area (Å²) in [5.41, 5.74) is 2.54. The van der Waals surface area contributed by atoms with Crippen LogP contribution in [-0.2, 0) is 28.9 Å². The van der Waals surface area contributed by atoms with E-state index >= 15 is 0 Å². The lowest BCUT2D eigenvalue weighted by molar-refractivity contribution is -0.144. The maximum atomic E-state index is 13.3. The van der Waals surface area contributed by atoms with Gasteiger partial charge in [0.25, 0.3) is 5.91 Å². The van der Waals surface area contributed by atoms with Crippen LogP contribution in [0.5, 0.6) is 0 Å². The number of nitrogens with one attached hydrogen (secondary N) is 1. The Kier molecular flexibility index (Phi) is 7.09. The molecule has 0 unspecified atom stereocenters. The highest BCUT2D eigenvalue weighted by atomic mass is 32.1. The van der Waals surface area contributed by atoms with Crippen LogP contribution in [0.25, 0.3) is 10.2 Å². The van der Waals surface area contributed by atoms with Gasteiger partial charge in [-0.25, -0.2) is 4.98 Å². The van der Waals surface area contributed by atoms with Crippen LogP contribution in [0.1, 0.15) is 39.3 Å². The number of fused-ring (bicyclic) bond motifs is 2. The van der Waals surface area contributed by atoms with Gasteiger partial charge in [-0.1, -0.05) is 24.3 Å². The van der Waals surface area contributed by atoms with Crippen molar-refractivity contribution < 1.29 is 19.5 Å². The summed E-state index contributed by atoms with van der Waals surface area (Å²) in [6.07, 6.45) is 1.49. The lowest BCUT2D eigenvalue weighted by atomic mass is 9.76. The third kappa shape index (κ3) is 5.34. The Morgan fingerprint density at radius 2 is 1.82 bits per heavy atom. The average Bonchev–Trinajstić information content (AvgIpc) is 3.37. The van der Waals surface area contributed by atoms with Crippen LogP contribution >= 0.6 is 11.3 Å². The second kappa shape index (κ2) is 10.0. The number of aryl methyl sites for hydroxylation is 1. The Morgan fingerprint density at radius 1 is 1.12 bits per heavy atom. The van der Waals surface area contributed by atoms with E-state index in [9.17, 15) is 19.5 Å². The van der Waals surface area contributed by atoms with Crippen molar-refractivity contribution in [2.45, 2.75) is 32.1 Å². The number of amides is 1. The summed E-state index contributed by atoms with van der Waals surface area (Å²) in [7, 11) is 3.91. The zero-order valence-electron chi connectivity index (χ0n) is 19.5. The van der Waals surface area contributed by atoms with E-state index in [2.05, 4.69) is 10.3 Å². The van der Waals surface area contributed by atoms with Gasteiger partial charge < -0.3 is 15.3 Å². The highest BCUT2D eigenvalue weighted by Gasteiger charge is 2.44. The van der Waals surface area contributed by atoms with Crippen LogP contribution < -0.4 is 5.32 Å². The molecule has 8 heteroatoms. The fraction of sp³-hybridized carbons (Fsp3) is 0.385. The molecule has 3 aromatic rings. The summed E-state index contributed by atoms with van der Waals surface area (Å²) in [5.74, 6) is -1.10. The molecule has 1 aromatic heterocycles. The summed E-state index contributed by atoms with van der Waals surface area (Å²) in [6.45, 7) is 1.33. The van der Waals surface area contributed by atoms with E-state index in [1.165, 1.54) is 11.3 Å². The molecule has 2 aromatic carbocycles. The lowest BCUT2D eigenvalue weighted by Gasteiger charge is -2.25. The van der Waals surface area contributed by atoms with E-state index in [0.29, 0.717) is 31.4 Å². The van der Waals surface area contributed by atoms with Gasteiger partial charge in [0.2, 0.25) is 0 Å².